The van der Waals surface area contributed by atoms with Crippen LogP contribution in [0, 0.1) is 5.82 Å². The number of ether oxygens (including phenoxy) is 1. The number of esters is 1. The van der Waals surface area contributed by atoms with Gasteiger partial charge in [-0.15, -0.1) is 0 Å². The molecule has 0 radical (unpaired) electrons. The van der Waals surface area contributed by atoms with E-state index in [1.807, 2.05) is 6.92 Å². The zero-order valence-corrected chi connectivity index (χ0v) is 11.5. The van der Waals surface area contributed by atoms with Gasteiger partial charge in [-0.2, -0.15) is 0 Å². The summed E-state index contributed by atoms with van der Waals surface area (Å²) < 4.78 is 24.1. The fraction of sp³-hybridized carbons (Fsp3) is 0.250. The summed E-state index contributed by atoms with van der Waals surface area (Å²) in [6.45, 7) is 5.56. The maximum Gasteiger partial charge on any atom is 0.334 e. The molecule has 2 atom stereocenters. The van der Waals surface area contributed by atoms with Gasteiger partial charge in [-0.3, -0.25) is 0 Å². The Morgan fingerprint density at radius 2 is 2.14 bits per heavy atom. The highest BCUT2D eigenvalue weighted by atomic mass is 19.1. The number of cyclic esters (lactones) is 1. The predicted molar refractivity (Wildman–Crippen MR) is 73.9 cm³/mol. The first kappa shape index (κ1) is 13.5. The summed E-state index contributed by atoms with van der Waals surface area (Å²) in [7, 11) is 0. The topological polar surface area (TPSA) is 52.3 Å². The van der Waals surface area contributed by atoms with Crippen LogP contribution in [0.2, 0.25) is 0 Å². The third-order valence-corrected chi connectivity index (χ3v) is 3.58. The Bertz CT molecular complexity index is 707. The fourth-order valence-electron chi connectivity index (χ4n) is 2.46. The van der Waals surface area contributed by atoms with Crippen molar-refractivity contribution in [3.05, 3.63) is 54.1 Å². The summed E-state index contributed by atoms with van der Waals surface area (Å²) in [6.07, 6.45) is 0.367. The molecule has 1 aliphatic rings. The molecule has 0 bridgehead atoms. The molecule has 0 aliphatic carbocycles. The van der Waals surface area contributed by atoms with Crippen LogP contribution in [0.15, 0.2) is 47.0 Å². The van der Waals surface area contributed by atoms with Crippen LogP contribution in [0.4, 0.5) is 4.39 Å². The van der Waals surface area contributed by atoms with E-state index in [1.165, 1.54) is 6.07 Å². The van der Waals surface area contributed by atoms with Crippen LogP contribution in [-0.4, -0.2) is 17.2 Å². The number of carbonyl (C=O) groups excluding carboxylic acids is 1. The number of carbonyl (C=O) groups is 1. The summed E-state index contributed by atoms with van der Waals surface area (Å²) in [5.41, 5.74) is 1.11. The van der Waals surface area contributed by atoms with E-state index in [0.29, 0.717) is 29.0 Å². The van der Waals surface area contributed by atoms with E-state index in [-0.39, 0.29) is 17.8 Å². The Balaban J connectivity index is 1.93. The zero-order valence-electron chi connectivity index (χ0n) is 11.5. The molecule has 1 aliphatic heterocycles. The fourth-order valence-corrected chi connectivity index (χ4v) is 2.46. The molecule has 21 heavy (non-hydrogen) atoms. The molecule has 0 spiro atoms. The van der Waals surface area contributed by atoms with Crippen molar-refractivity contribution >= 4 is 5.97 Å². The predicted octanol–water partition coefficient (Wildman–Crippen LogP) is 3.46. The van der Waals surface area contributed by atoms with Gasteiger partial charge in [-0.05, 0) is 25.5 Å². The van der Waals surface area contributed by atoms with Gasteiger partial charge in [0.2, 0.25) is 0 Å². The van der Waals surface area contributed by atoms with Gasteiger partial charge in [-0.25, -0.2) is 9.18 Å². The summed E-state index contributed by atoms with van der Waals surface area (Å²) in [5.74, 6) is -0.578. The average molecular weight is 287 g/mol. The Morgan fingerprint density at radius 1 is 1.38 bits per heavy atom. The number of hydrogen-bond donors (Lipinski definition) is 0. The van der Waals surface area contributed by atoms with Crippen LogP contribution in [0.3, 0.4) is 0 Å². The van der Waals surface area contributed by atoms with Gasteiger partial charge in [0.25, 0.3) is 0 Å². The zero-order chi connectivity index (χ0) is 15.0. The lowest BCUT2D eigenvalue weighted by molar-refractivity contribution is -0.147. The van der Waals surface area contributed by atoms with Crippen LogP contribution in [0.1, 0.15) is 25.0 Å². The second-order valence-electron chi connectivity index (χ2n) is 5.12. The molecule has 2 unspecified atom stereocenters. The number of halogens is 1. The smallest absolute Gasteiger partial charge is 0.334 e. The monoisotopic (exact) mass is 287 g/mol. The highest BCUT2D eigenvalue weighted by Crippen LogP contribution is 2.36. The first-order chi connectivity index (χ1) is 10.1. The molecule has 1 fully saturated rings. The molecule has 1 aromatic heterocycles. The van der Waals surface area contributed by atoms with E-state index in [0.717, 1.165) is 0 Å². The summed E-state index contributed by atoms with van der Waals surface area (Å²) in [4.78, 5) is 11.7. The lowest BCUT2D eigenvalue weighted by atomic mass is 9.89. The third kappa shape index (κ3) is 2.46. The summed E-state index contributed by atoms with van der Waals surface area (Å²) in [5, 5.41) is 3.90. The number of hydrogen-bond acceptors (Lipinski definition) is 4. The van der Waals surface area contributed by atoms with Crippen LogP contribution < -0.4 is 0 Å². The normalized spacial score (nSPS) is 22.2. The van der Waals surface area contributed by atoms with Crippen LogP contribution in [0.5, 0.6) is 0 Å². The molecule has 0 N–H and O–H groups in total. The second kappa shape index (κ2) is 5.16. The van der Waals surface area contributed by atoms with Gasteiger partial charge >= 0.3 is 5.97 Å². The number of aromatic nitrogens is 1. The maximum atomic E-state index is 13.8. The van der Waals surface area contributed by atoms with Gasteiger partial charge in [-0.1, -0.05) is 23.9 Å². The van der Waals surface area contributed by atoms with Crippen molar-refractivity contribution in [2.24, 2.45) is 0 Å². The molecule has 108 valence electrons. The van der Waals surface area contributed by atoms with E-state index in [4.69, 9.17) is 9.26 Å². The first-order valence-electron chi connectivity index (χ1n) is 6.67. The lowest BCUT2D eigenvalue weighted by Crippen LogP contribution is -2.28. The molecule has 4 nitrogen and oxygen atoms in total. The molecule has 5 heteroatoms. The van der Waals surface area contributed by atoms with Crippen LogP contribution in [0.25, 0.3) is 11.3 Å². The largest absolute Gasteiger partial charge is 0.459 e. The second-order valence-corrected chi connectivity index (χ2v) is 5.12. The maximum absolute atomic E-state index is 13.8. The number of rotatable bonds is 2. The van der Waals surface area contributed by atoms with Crippen molar-refractivity contribution in [2.75, 3.05) is 0 Å². The van der Waals surface area contributed by atoms with Crippen molar-refractivity contribution in [1.29, 1.82) is 0 Å². The van der Waals surface area contributed by atoms with Gasteiger partial charge in [0, 0.05) is 17.2 Å². The standard InChI is InChI=1S/C16H14FNO3/c1-9-7-12(10(2)16(19)20-9)15-8-14(18-21-15)11-5-3-4-6-13(11)17/h3-6,8-9,12H,2,7H2,1H3. The van der Waals surface area contributed by atoms with E-state index < -0.39 is 5.97 Å². The molecule has 1 saturated heterocycles. The Hall–Kier alpha value is -2.43. The Labute approximate surface area is 121 Å². The van der Waals surface area contributed by atoms with Crippen molar-refractivity contribution < 1.29 is 18.4 Å². The molecule has 3 rings (SSSR count). The van der Waals surface area contributed by atoms with Crippen LogP contribution >= 0.6 is 0 Å². The van der Waals surface area contributed by atoms with Gasteiger partial charge in [0.1, 0.15) is 23.4 Å². The minimum absolute atomic E-state index is 0.213. The van der Waals surface area contributed by atoms with Crippen LogP contribution in [-0.2, 0) is 9.53 Å². The Kier molecular flexibility index (Phi) is 3.33. The number of benzene rings is 1. The van der Waals surface area contributed by atoms with E-state index in [9.17, 15) is 9.18 Å². The molecular weight excluding hydrogens is 273 g/mol. The van der Waals surface area contributed by atoms with Crippen molar-refractivity contribution in [3.63, 3.8) is 0 Å². The minimum Gasteiger partial charge on any atom is -0.459 e. The minimum atomic E-state index is -0.428. The van der Waals surface area contributed by atoms with Crippen molar-refractivity contribution in [3.8, 4) is 11.3 Å². The number of nitrogens with zero attached hydrogens (tertiary/aromatic N) is 1. The molecule has 1 aromatic carbocycles. The first-order valence-corrected chi connectivity index (χ1v) is 6.67. The molecule has 2 aromatic rings. The SMILES string of the molecule is C=C1C(=O)OC(C)CC1c1cc(-c2ccccc2F)no1. The van der Waals surface area contributed by atoms with Gasteiger partial charge in [0.15, 0.2) is 0 Å². The van der Waals surface area contributed by atoms with Gasteiger partial charge in [0.05, 0.1) is 5.92 Å². The summed E-state index contributed by atoms with van der Waals surface area (Å²) in [6, 6.07) is 7.98. The van der Waals surface area contributed by atoms with Crippen molar-refractivity contribution in [2.45, 2.75) is 25.4 Å². The lowest BCUT2D eigenvalue weighted by Gasteiger charge is -2.26. The highest BCUT2D eigenvalue weighted by molar-refractivity contribution is 5.90. The van der Waals surface area contributed by atoms with Crippen molar-refractivity contribution in [1.82, 2.24) is 5.16 Å². The highest BCUT2D eigenvalue weighted by Gasteiger charge is 2.33. The average Bonchev–Trinajstić information content (AvgIpc) is 2.92. The molecule has 2 heterocycles. The van der Waals surface area contributed by atoms with E-state index in [1.54, 1.807) is 24.3 Å². The summed E-state index contributed by atoms with van der Waals surface area (Å²) >= 11 is 0. The van der Waals surface area contributed by atoms with E-state index in [2.05, 4.69) is 11.7 Å². The van der Waals surface area contributed by atoms with Gasteiger partial charge < -0.3 is 9.26 Å². The molecular formula is C16H14FNO3. The quantitative estimate of drug-likeness (QED) is 0.627. The molecule has 0 amide bonds. The van der Waals surface area contributed by atoms with E-state index >= 15 is 0 Å². The Morgan fingerprint density at radius 3 is 2.90 bits per heavy atom. The molecule has 0 saturated carbocycles. The third-order valence-electron chi connectivity index (χ3n) is 3.58.